The van der Waals surface area contributed by atoms with E-state index in [1.54, 1.807) is 6.20 Å². The summed E-state index contributed by atoms with van der Waals surface area (Å²) in [5.41, 5.74) is 2.92. The zero-order chi connectivity index (χ0) is 17.9. The van der Waals surface area contributed by atoms with E-state index < -0.39 is 11.7 Å². The van der Waals surface area contributed by atoms with Gasteiger partial charge in [0.05, 0.1) is 11.2 Å². The molecule has 1 heterocycles. The summed E-state index contributed by atoms with van der Waals surface area (Å²) in [6, 6.07) is 17.4. The third-order valence-electron chi connectivity index (χ3n) is 3.44. The number of amides is 1. The zero-order valence-electron chi connectivity index (χ0n) is 14.5. The molecular weight excluding hydrogens is 314 g/mol. The Morgan fingerprint density at radius 3 is 2.36 bits per heavy atom. The molecule has 1 aromatic heterocycles. The number of hydrogen-bond acceptors (Lipinski definition) is 4. The first-order valence-corrected chi connectivity index (χ1v) is 8.11. The van der Waals surface area contributed by atoms with Crippen LogP contribution in [0.5, 0.6) is 0 Å². The molecule has 2 aromatic carbocycles. The Bertz CT molecular complexity index is 878. The van der Waals surface area contributed by atoms with Gasteiger partial charge in [0.25, 0.3) is 0 Å². The molecule has 3 rings (SSSR count). The summed E-state index contributed by atoms with van der Waals surface area (Å²) >= 11 is 0. The summed E-state index contributed by atoms with van der Waals surface area (Å²) in [5, 5.41) is 7.16. The second-order valence-corrected chi connectivity index (χ2v) is 6.71. The van der Waals surface area contributed by atoms with E-state index in [1.807, 2.05) is 75.4 Å². The van der Waals surface area contributed by atoms with Crippen LogP contribution in [0.4, 0.5) is 21.9 Å². The SMILES string of the molecule is CC(C)(C)OC(=O)Nc1ccc(Nc2cccc3cccnc23)cc1. The number of anilines is 3. The number of pyridine rings is 1. The van der Waals surface area contributed by atoms with Crippen LogP contribution < -0.4 is 10.6 Å². The molecule has 2 N–H and O–H groups in total. The quantitative estimate of drug-likeness (QED) is 0.679. The van der Waals surface area contributed by atoms with E-state index >= 15 is 0 Å². The fourth-order valence-electron chi connectivity index (χ4n) is 2.42. The first-order valence-electron chi connectivity index (χ1n) is 8.11. The van der Waals surface area contributed by atoms with Crippen molar-refractivity contribution < 1.29 is 9.53 Å². The number of carbonyl (C=O) groups excluding carboxylic acids is 1. The Morgan fingerprint density at radius 2 is 1.64 bits per heavy atom. The van der Waals surface area contributed by atoms with Crippen molar-refractivity contribution in [2.45, 2.75) is 26.4 Å². The molecule has 1 amide bonds. The average molecular weight is 335 g/mol. The summed E-state index contributed by atoms with van der Waals surface area (Å²) in [4.78, 5) is 16.2. The van der Waals surface area contributed by atoms with Crippen LogP contribution in [-0.4, -0.2) is 16.7 Å². The first-order chi connectivity index (χ1) is 11.9. The van der Waals surface area contributed by atoms with Crippen molar-refractivity contribution in [1.82, 2.24) is 4.98 Å². The second kappa shape index (κ2) is 6.81. The van der Waals surface area contributed by atoms with E-state index in [0.29, 0.717) is 5.69 Å². The highest BCUT2D eigenvalue weighted by Gasteiger charge is 2.16. The fourth-order valence-corrected chi connectivity index (χ4v) is 2.42. The minimum absolute atomic E-state index is 0.466. The maximum absolute atomic E-state index is 11.8. The Morgan fingerprint density at radius 1 is 0.960 bits per heavy atom. The molecule has 0 fully saturated rings. The standard InChI is InChI=1S/C20H21N3O2/c1-20(2,3)25-19(24)23-16-11-9-15(10-12-16)22-17-8-4-6-14-7-5-13-21-18(14)17/h4-13,22H,1-3H3,(H,23,24). The topological polar surface area (TPSA) is 63.2 Å². The number of nitrogens with zero attached hydrogens (tertiary/aromatic N) is 1. The molecule has 5 nitrogen and oxygen atoms in total. The van der Waals surface area contributed by atoms with Crippen LogP contribution in [0.2, 0.25) is 0 Å². The number of fused-ring (bicyclic) bond motifs is 1. The van der Waals surface area contributed by atoms with Gasteiger partial charge in [-0.15, -0.1) is 0 Å². The van der Waals surface area contributed by atoms with Gasteiger partial charge in [-0.3, -0.25) is 10.3 Å². The highest BCUT2D eigenvalue weighted by atomic mass is 16.6. The Kier molecular flexibility index (Phi) is 4.57. The monoisotopic (exact) mass is 335 g/mol. The van der Waals surface area contributed by atoms with Gasteiger partial charge in [0.15, 0.2) is 0 Å². The largest absolute Gasteiger partial charge is 0.444 e. The van der Waals surface area contributed by atoms with Crippen molar-refractivity contribution in [3.05, 3.63) is 60.8 Å². The van der Waals surface area contributed by atoms with Gasteiger partial charge in [-0.2, -0.15) is 0 Å². The lowest BCUT2D eigenvalue weighted by Crippen LogP contribution is -2.27. The van der Waals surface area contributed by atoms with E-state index in [2.05, 4.69) is 15.6 Å². The number of aromatic nitrogens is 1. The molecule has 128 valence electrons. The van der Waals surface area contributed by atoms with Gasteiger partial charge in [-0.05, 0) is 57.2 Å². The second-order valence-electron chi connectivity index (χ2n) is 6.71. The minimum atomic E-state index is -0.521. The molecule has 5 heteroatoms. The van der Waals surface area contributed by atoms with Crippen molar-refractivity contribution in [2.75, 3.05) is 10.6 Å². The van der Waals surface area contributed by atoms with Crippen molar-refractivity contribution in [2.24, 2.45) is 0 Å². The first kappa shape index (κ1) is 16.8. The van der Waals surface area contributed by atoms with Crippen LogP contribution in [0, 0.1) is 0 Å². The molecule has 0 aliphatic rings. The van der Waals surface area contributed by atoms with Crippen LogP contribution in [0.15, 0.2) is 60.8 Å². The zero-order valence-corrected chi connectivity index (χ0v) is 14.5. The van der Waals surface area contributed by atoms with E-state index in [9.17, 15) is 4.79 Å². The number of benzene rings is 2. The van der Waals surface area contributed by atoms with Gasteiger partial charge in [-0.25, -0.2) is 4.79 Å². The summed E-state index contributed by atoms with van der Waals surface area (Å²) in [6.45, 7) is 5.49. The Hall–Kier alpha value is -3.08. The molecule has 0 aliphatic carbocycles. The van der Waals surface area contributed by atoms with E-state index in [0.717, 1.165) is 22.3 Å². The molecule has 0 spiro atoms. The number of ether oxygens (including phenoxy) is 1. The summed E-state index contributed by atoms with van der Waals surface area (Å²) in [6.07, 6.45) is 1.31. The summed E-state index contributed by atoms with van der Waals surface area (Å²) in [5.74, 6) is 0. The molecule has 0 atom stereocenters. The van der Waals surface area contributed by atoms with Gasteiger partial charge in [-0.1, -0.05) is 18.2 Å². The average Bonchev–Trinajstić information content (AvgIpc) is 2.55. The molecule has 0 unspecified atom stereocenters. The molecule has 3 aromatic rings. The molecule has 0 saturated heterocycles. The number of nitrogens with one attached hydrogen (secondary N) is 2. The molecule has 0 aliphatic heterocycles. The predicted octanol–water partition coefficient (Wildman–Crippen LogP) is 5.33. The predicted molar refractivity (Wildman–Crippen MR) is 101 cm³/mol. The van der Waals surface area contributed by atoms with Crippen LogP contribution >= 0.6 is 0 Å². The molecular formula is C20H21N3O2. The lowest BCUT2D eigenvalue weighted by Gasteiger charge is -2.19. The Labute approximate surface area is 147 Å². The minimum Gasteiger partial charge on any atom is -0.444 e. The van der Waals surface area contributed by atoms with Gasteiger partial charge < -0.3 is 10.1 Å². The van der Waals surface area contributed by atoms with Gasteiger partial charge >= 0.3 is 6.09 Å². The van der Waals surface area contributed by atoms with Crippen LogP contribution in [0.1, 0.15) is 20.8 Å². The maximum atomic E-state index is 11.8. The third-order valence-corrected chi connectivity index (χ3v) is 3.44. The normalized spacial score (nSPS) is 11.2. The van der Waals surface area contributed by atoms with Crippen molar-refractivity contribution in [3.8, 4) is 0 Å². The van der Waals surface area contributed by atoms with E-state index in [4.69, 9.17) is 4.74 Å². The lowest BCUT2D eigenvalue weighted by molar-refractivity contribution is 0.0636. The van der Waals surface area contributed by atoms with Crippen LogP contribution in [0.3, 0.4) is 0 Å². The van der Waals surface area contributed by atoms with E-state index in [1.165, 1.54) is 0 Å². The van der Waals surface area contributed by atoms with E-state index in [-0.39, 0.29) is 0 Å². The van der Waals surface area contributed by atoms with Crippen molar-refractivity contribution in [1.29, 1.82) is 0 Å². The third kappa shape index (κ3) is 4.47. The van der Waals surface area contributed by atoms with Crippen LogP contribution in [0.25, 0.3) is 10.9 Å². The van der Waals surface area contributed by atoms with Crippen molar-refractivity contribution in [3.63, 3.8) is 0 Å². The fraction of sp³-hybridized carbons (Fsp3) is 0.200. The lowest BCUT2D eigenvalue weighted by atomic mass is 10.2. The molecule has 0 bridgehead atoms. The smallest absolute Gasteiger partial charge is 0.412 e. The highest BCUT2D eigenvalue weighted by molar-refractivity contribution is 5.92. The number of para-hydroxylation sites is 1. The van der Waals surface area contributed by atoms with Crippen LogP contribution in [-0.2, 0) is 4.74 Å². The summed E-state index contributed by atoms with van der Waals surface area (Å²) < 4.78 is 5.24. The highest BCUT2D eigenvalue weighted by Crippen LogP contribution is 2.25. The molecule has 25 heavy (non-hydrogen) atoms. The van der Waals surface area contributed by atoms with Crippen molar-refractivity contribution >= 4 is 34.1 Å². The summed E-state index contributed by atoms with van der Waals surface area (Å²) in [7, 11) is 0. The molecule has 0 radical (unpaired) electrons. The maximum Gasteiger partial charge on any atom is 0.412 e. The van der Waals surface area contributed by atoms with Gasteiger partial charge in [0.1, 0.15) is 5.60 Å². The Balaban J connectivity index is 1.71. The van der Waals surface area contributed by atoms with Gasteiger partial charge in [0.2, 0.25) is 0 Å². The molecule has 0 saturated carbocycles. The van der Waals surface area contributed by atoms with Gasteiger partial charge in [0, 0.05) is 23.0 Å². The number of rotatable bonds is 3. The number of hydrogen-bond donors (Lipinski definition) is 2. The number of carbonyl (C=O) groups is 1.